The van der Waals surface area contributed by atoms with Gasteiger partial charge in [0.15, 0.2) is 5.84 Å². The summed E-state index contributed by atoms with van der Waals surface area (Å²) in [6, 6.07) is 34.3. The van der Waals surface area contributed by atoms with Gasteiger partial charge in [-0.25, -0.2) is 10.0 Å². The van der Waals surface area contributed by atoms with Gasteiger partial charge in [-0.3, -0.25) is 4.90 Å². The maximum atomic E-state index is 5.62. The van der Waals surface area contributed by atoms with E-state index >= 15 is 0 Å². The fourth-order valence-electron chi connectivity index (χ4n) is 3.78. The molecule has 6 heteroatoms. The lowest BCUT2D eigenvalue weighted by Gasteiger charge is -2.45. The Kier molecular flexibility index (Phi) is 5.59. The quantitative estimate of drug-likeness (QED) is 0.443. The van der Waals surface area contributed by atoms with Crippen LogP contribution in [-0.2, 0) is 6.54 Å². The molecule has 4 aromatic rings. The summed E-state index contributed by atoms with van der Waals surface area (Å²) in [5, 5.41) is 9.04. The molecule has 1 unspecified atom stereocenters. The van der Waals surface area contributed by atoms with Crippen LogP contribution in [0, 0.1) is 0 Å². The van der Waals surface area contributed by atoms with Crippen molar-refractivity contribution in [1.29, 1.82) is 0 Å². The SMILES string of the molecule is CN(Cc1ccco1)C1N(c2ccccc2)[N]C(c2ccccc2)=NN1c1ccccc1. The summed E-state index contributed by atoms with van der Waals surface area (Å²) in [6.45, 7) is 0.607. The number of para-hydroxylation sites is 2. The van der Waals surface area contributed by atoms with Crippen molar-refractivity contribution < 1.29 is 4.42 Å². The second kappa shape index (κ2) is 8.99. The molecular formula is C26H24N5O. The summed E-state index contributed by atoms with van der Waals surface area (Å²) >= 11 is 0. The molecule has 0 saturated heterocycles. The number of benzene rings is 3. The van der Waals surface area contributed by atoms with Crippen molar-refractivity contribution in [1.82, 2.24) is 10.3 Å². The van der Waals surface area contributed by atoms with Crippen molar-refractivity contribution in [3.63, 3.8) is 0 Å². The number of amidine groups is 1. The molecule has 0 bridgehead atoms. The minimum atomic E-state index is -0.294. The average Bonchev–Trinajstić information content (AvgIpc) is 3.38. The Hall–Kier alpha value is -4.03. The van der Waals surface area contributed by atoms with E-state index in [9.17, 15) is 0 Å². The van der Waals surface area contributed by atoms with E-state index in [1.54, 1.807) is 6.26 Å². The second-order valence-electron chi connectivity index (χ2n) is 7.59. The number of hydrazone groups is 1. The fraction of sp³-hybridized carbons (Fsp3) is 0.115. The molecule has 0 N–H and O–H groups in total. The molecule has 2 heterocycles. The highest BCUT2D eigenvalue weighted by Gasteiger charge is 2.36. The van der Waals surface area contributed by atoms with Gasteiger partial charge in [-0.1, -0.05) is 66.7 Å². The third-order valence-corrected chi connectivity index (χ3v) is 5.30. The Bertz CT molecular complexity index is 1150. The zero-order chi connectivity index (χ0) is 21.8. The van der Waals surface area contributed by atoms with Crippen LogP contribution in [0.2, 0.25) is 0 Å². The lowest BCUT2D eigenvalue weighted by molar-refractivity contribution is 0.191. The van der Waals surface area contributed by atoms with Gasteiger partial charge in [0.1, 0.15) is 5.76 Å². The zero-order valence-electron chi connectivity index (χ0n) is 17.8. The summed E-state index contributed by atoms with van der Waals surface area (Å²) in [4.78, 5) is 2.17. The molecule has 32 heavy (non-hydrogen) atoms. The van der Waals surface area contributed by atoms with E-state index in [2.05, 4.69) is 36.2 Å². The molecule has 1 aromatic heterocycles. The smallest absolute Gasteiger partial charge is 0.201 e. The molecule has 3 aromatic carbocycles. The molecule has 0 spiro atoms. The van der Waals surface area contributed by atoms with Gasteiger partial charge in [0.25, 0.3) is 0 Å². The van der Waals surface area contributed by atoms with Crippen LogP contribution in [0.1, 0.15) is 11.3 Å². The number of hydrogen-bond donors (Lipinski definition) is 0. The molecule has 1 radical (unpaired) electrons. The Labute approximate surface area is 188 Å². The normalized spacial score (nSPS) is 16.1. The molecule has 0 aliphatic carbocycles. The van der Waals surface area contributed by atoms with Crippen molar-refractivity contribution >= 4 is 17.2 Å². The first kappa shape index (κ1) is 19.9. The van der Waals surface area contributed by atoms with Gasteiger partial charge < -0.3 is 4.42 Å². The van der Waals surface area contributed by atoms with Gasteiger partial charge in [0.05, 0.1) is 24.2 Å². The molecule has 0 amide bonds. The van der Waals surface area contributed by atoms with Crippen LogP contribution < -0.4 is 15.4 Å². The minimum absolute atomic E-state index is 0.294. The van der Waals surface area contributed by atoms with Crippen molar-refractivity contribution in [2.24, 2.45) is 5.10 Å². The Morgan fingerprint density at radius 2 is 1.34 bits per heavy atom. The van der Waals surface area contributed by atoms with Gasteiger partial charge in [0, 0.05) is 5.56 Å². The van der Waals surface area contributed by atoms with Crippen LogP contribution in [0.3, 0.4) is 0 Å². The molecule has 159 valence electrons. The maximum Gasteiger partial charge on any atom is 0.201 e. The molecule has 5 rings (SSSR count). The van der Waals surface area contributed by atoms with Crippen LogP contribution in [0.25, 0.3) is 0 Å². The zero-order valence-corrected chi connectivity index (χ0v) is 17.8. The fourth-order valence-corrected chi connectivity index (χ4v) is 3.78. The van der Waals surface area contributed by atoms with Crippen LogP contribution in [0.5, 0.6) is 0 Å². The average molecular weight is 423 g/mol. The van der Waals surface area contributed by atoms with Gasteiger partial charge in [-0.2, -0.15) is 0 Å². The topological polar surface area (TPSA) is 49.3 Å². The van der Waals surface area contributed by atoms with E-state index in [1.165, 1.54) is 0 Å². The van der Waals surface area contributed by atoms with E-state index in [0.717, 1.165) is 22.7 Å². The third kappa shape index (κ3) is 4.08. The predicted octanol–water partition coefficient (Wildman–Crippen LogP) is 4.90. The summed E-state index contributed by atoms with van der Waals surface area (Å²) in [5.74, 6) is 1.53. The lowest BCUT2D eigenvalue weighted by atomic mass is 10.2. The number of furan rings is 1. The van der Waals surface area contributed by atoms with Crippen molar-refractivity contribution in [2.45, 2.75) is 12.8 Å². The first-order valence-corrected chi connectivity index (χ1v) is 10.6. The molecular weight excluding hydrogens is 398 g/mol. The van der Waals surface area contributed by atoms with Gasteiger partial charge >= 0.3 is 0 Å². The second-order valence-corrected chi connectivity index (χ2v) is 7.59. The summed E-state index contributed by atoms with van der Waals surface area (Å²) in [6.07, 6.45) is 1.40. The van der Waals surface area contributed by atoms with Crippen molar-refractivity contribution in [2.75, 3.05) is 17.1 Å². The van der Waals surface area contributed by atoms with E-state index in [0.29, 0.717) is 12.4 Å². The van der Waals surface area contributed by atoms with Gasteiger partial charge in [0.2, 0.25) is 6.29 Å². The largest absolute Gasteiger partial charge is 0.468 e. The number of hydrogen-bond acceptors (Lipinski definition) is 5. The predicted molar refractivity (Wildman–Crippen MR) is 127 cm³/mol. The summed E-state index contributed by atoms with van der Waals surface area (Å²) in [7, 11) is 2.05. The van der Waals surface area contributed by atoms with Crippen LogP contribution >= 0.6 is 0 Å². The molecule has 1 aliphatic heterocycles. The Balaban J connectivity index is 1.62. The van der Waals surface area contributed by atoms with Gasteiger partial charge in [-0.15, -0.1) is 10.5 Å². The monoisotopic (exact) mass is 422 g/mol. The van der Waals surface area contributed by atoms with Crippen LogP contribution in [0.4, 0.5) is 11.4 Å². The molecule has 0 fully saturated rings. The summed E-state index contributed by atoms with van der Waals surface area (Å²) < 4.78 is 5.62. The number of anilines is 2. The third-order valence-electron chi connectivity index (χ3n) is 5.30. The lowest BCUT2D eigenvalue weighted by Crippen LogP contribution is -2.62. The maximum absolute atomic E-state index is 5.62. The molecule has 1 atom stereocenters. The Morgan fingerprint density at radius 3 is 1.94 bits per heavy atom. The summed E-state index contributed by atoms with van der Waals surface area (Å²) in [5.41, 5.74) is 7.92. The highest BCUT2D eigenvalue weighted by Crippen LogP contribution is 2.29. The minimum Gasteiger partial charge on any atom is -0.468 e. The van der Waals surface area contributed by atoms with Crippen molar-refractivity contribution in [3.8, 4) is 0 Å². The standard InChI is InChI=1S/C26H24N5O/c1-29(20-24-18-11-19-32-24)26-30(22-14-7-3-8-15-22)27-25(21-12-5-2-6-13-21)28-31(26)23-16-9-4-10-17-23/h2-19,26H,20H2,1H3. The van der Waals surface area contributed by atoms with E-state index in [-0.39, 0.29) is 6.29 Å². The van der Waals surface area contributed by atoms with E-state index in [1.807, 2.05) is 88.9 Å². The van der Waals surface area contributed by atoms with Crippen molar-refractivity contribution in [3.05, 3.63) is 121 Å². The highest BCUT2D eigenvalue weighted by atomic mass is 16.3. The number of rotatable bonds is 6. The molecule has 0 saturated carbocycles. The number of nitrogens with zero attached hydrogens (tertiary/aromatic N) is 5. The van der Waals surface area contributed by atoms with Crippen LogP contribution in [0.15, 0.2) is 119 Å². The van der Waals surface area contributed by atoms with Crippen LogP contribution in [-0.4, -0.2) is 24.1 Å². The molecule has 1 aliphatic rings. The van der Waals surface area contributed by atoms with E-state index < -0.39 is 0 Å². The Morgan fingerprint density at radius 1 is 0.750 bits per heavy atom. The first-order valence-electron chi connectivity index (χ1n) is 10.6. The highest BCUT2D eigenvalue weighted by molar-refractivity contribution is 6.00. The van der Waals surface area contributed by atoms with Gasteiger partial charge in [-0.05, 0) is 43.4 Å². The first-order chi connectivity index (χ1) is 15.8. The van der Waals surface area contributed by atoms with E-state index in [4.69, 9.17) is 14.9 Å². The molecule has 6 nitrogen and oxygen atoms in total.